The minimum absolute atomic E-state index is 0.125. The van der Waals surface area contributed by atoms with E-state index in [0.717, 1.165) is 19.1 Å². The van der Waals surface area contributed by atoms with Crippen LogP contribution in [0.5, 0.6) is 0 Å². The highest BCUT2D eigenvalue weighted by Crippen LogP contribution is 2.25. The van der Waals surface area contributed by atoms with Crippen LogP contribution in [0.25, 0.3) is 0 Å². The first-order valence-corrected chi connectivity index (χ1v) is 7.97. The molecular formula is C11H21N3O3S. The highest BCUT2D eigenvalue weighted by atomic mass is 32.2. The van der Waals surface area contributed by atoms with E-state index in [0.29, 0.717) is 18.9 Å². The van der Waals surface area contributed by atoms with Gasteiger partial charge in [-0.25, -0.2) is 8.42 Å². The first kappa shape index (κ1) is 15.1. The summed E-state index contributed by atoms with van der Waals surface area (Å²) < 4.78 is 27.2. The Morgan fingerprint density at radius 3 is 2.56 bits per heavy atom. The normalized spacial score (nSPS) is 12.9. The molecule has 0 saturated carbocycles. The minimum Gasteiger partial charge on any atom is -0.339 e. The predicted octanol–water partition coefficient (Wildman–Crippen LogP) is 0.922. The lowest BCUT2D eigenvalue weighted by Gasteiger charge is -2.22. The van der Waals surface area contributed by atoms with Gasteiger partial charge in [0.25, 0.3) is 0 Å². The van der Waals surface area contributed by atoms with Gasteiger partial charge in [-0.05, 0) is 24.8 Å². The molecule has 7 heteroatoms. The van der Waals surface area contributed by atoms with Crippen LogP contribution < -0.4 is 5.73 Å². The van der Waals surface area contributed by atoms with E-state index in [2.05, 4.69) is 24.0 Å². The molecule has 0 saturated heterocycles. The Bertz CT molecular complexity index is 479. The number of nitrogens with zero attached hydrogens (tertiary/aromatic N) is 2. The van der Waals surface area contributed by atoms with E-state index in [9.17, 15) is 8.42 Å². The fraction of sp³-hybridized carbons (Fsp3) is 0.818. The average molecular weight is 275 g/mol. The van der Waals surface area contributed by atoms with Gasteiger partial charge in [0.05, 0.1) is 0 Å². The van der Waals surface area contributed by atoms with Crippen LogP contribution in [0.4, 0.5) is 0 Å². The first-order valence-electron chi connectivity index (χ1n) is 5.91. The second-order valence-corrected chi connectivity index (χ2v) is 7.52. The zero-order valence-corrected chi connectivity index (χ0v) is 12.0. The fourth-order valence-corrected chi connectivity index (χ4v) is 2.23. The number of hydrogen-bond acceptors (Lipinski definition) is 6. The Morgan fingerprint density at radius 2 is 2.00 bits per heavy atom. The Kier molecular flexibility index (Phi) is 4.86. The van der Waals surface area contributed by atoms with Crippen molar-refractivity contribution in [1.29, 1.82) is 0 Å². The molecule has 0 aromatic carbocycles. The third-order valence-corrected chi connectivity index (χ3v) is 3.52. The summed E-state index contributed by atoms with van der Waals surface area (Å²) in [6, 6.07) is 0. The molecule has 0 atom stereocenters. The lowest BCUT2D eigenvalue weighted by atomic mass is 9.84. The predicted molar refractivity (Wildman–Crippen MR) is 68.6 cm³/mol. The molecule has 0 aliphatic carbocycles. The van der Waals surface area contributed by atoms with Gasteiger partial charge in [0, 0.05) is 12.7 Å². The summed E-state index contributed by atoms with van der Waals surface area (Å²) in [5.41, 5.74) is 5.66. The van der Waals surface area contributed by atoms with Crippen LogP contribution in [0.15, 0.2) is 4.52 Å². The highest BCUT2D eigenvalue weighted by Gasteiger charge is 2.19. The van der Waals surface area contributed by atoms with Gasteiger partial charge in [-0.2, -0.15) is 4.98 Å². The van der Waals surface area contributed by atoms with Crippen molar-refractivity contribution in [2.24, 2.45) is 11.1 Å². The average Bonchev–Trinajstić information content (AvgIpc) is 2.60. The quantitative estimate of drug-likeness (QED) is 0.794. The smallest absolute Gasteiger partial charge is 0.226 e. The first-order chi connectivity index (χ1) is 8.22. The van der Waals surface area contributed by atoms with Gasteiger partial charge in [-0.3, -0.25) is 0 Å². The van der Waals surface area contributed by atoms with Crippen molar-refractivity contribution in [2.45, 2.75) is 38.9 Å². The van der Waals surface area contributed by atoms with Gasteiger partial charge in [0.15, 0.2) is 15.7 Å². The molecule has 0 aliphatic rings. The molecular weight excluding hydrogens is 254 g/mol. The molecule has 0 spiro atoms. The molecule has 0 amide bonds. The molecule has 1 heterocycles. The van der Waals surface area contributed by atoms with E-state index in [-0.39, 0.29) is 17.0 Å². The van der Waals surface area contributed by atoms with E-state index in [4.69, 9.17) is 10.3 Å². The second-order valence-electron chi connectivity index (χ2n) is 5.38. The zero-order chi connectivity index (χ0) is 13.8. The third-order valence-electron chi connectivity index (χ3n) is 2.74. The van der Waals surface area contributed by atoms with Crippen molar-refractivity contribution in [1.82, 2.24) is 10.1 Å². The lowest BCUT2D eigenvalue weighted by Crippen LogP contribution is -2.17. The van der Waals surface area contributed by atoms with Gasteiger partial charge in [-0.1, -0.05) is 19.0 Å². The summed E-state index contributed by atoms with van der Waals surface area (Å²) in [5, 5.41) is 3.66. The largest absolute Gasteiger partial charge is 0.339 e. The topological polar surface area (TPSA) is 99.1 Å². The zero-order valence-electron chi connectivity index (χ0n) is 11.1. The summed E-state index contributed by atoms with van der Waals surface area (Å²) >= 11 is 0. The second kappa shape index (κ2) is 5.79. The number of sulfone groups is 1. The Hall–Kier alpha value is -0.950. The highest BCUT2D eigenvalue weighted by molar-refractivity contribution is 7.89. The van der Waals surface area contributed by atoms with E-state index >= 15 is 0 Å². The maximum atomic E-state index is 11.1. The van der Waals surface area contributed by atoms with Gasteiger partial charge in [0.1, 0.15) is 5.75 Å². The van der Waals surface area contributed by atoms with Crippen LogP contribution in [0.1, 0.15) is 38.4 Å². The van der Waals surface area contributed by atoms with Crippen LogP contribution >= 0.6 is 0 Å². The third kappa shape index (κ3) is 5.59. The van der Waals surface area contributed by atoms with Crippen LogP contribution in [0.2, 0.25) is 0 Å². The van der Waals surface area contributed by atoms with Crippen molar-refractivity contribution in [2.75, 3.05) is 12.8 Å². The molecule has 104 valence electrons. The Morgan fingerprint density at radius 1 is 1.33 bits per heavy atom. The molecule has 1 rings (SSSR count). The van der Waals surface area contributed by atoms with Crippen LogP contribution in [-0.4, -0.2) is 31.4 Å². The van der Waals surface area contributed by atoms with Gasteiger partial charge in [0.2, 0.25) is 5.89 Å². The maximum absolute atomic E-state index is 11.1. The van der Waals surface area contributed by atoms with Crippen LogP contribution in [-0.2, 0) is 22.0 Å². The molecule has 0 fully saturated rings. The van der Waals surface area contributed by atoms with Gasteiger partial charge >= 0.3 is 0 Å². The summed E-state index contributed by atoms with van der Waals surface area (Å²) in [7, 11) is -3.12. The van der Waals surface area contributed by atoms with Crippen molar-refractivity contribution < 1.29 is 12.9 Å². The minimum atomic E-state index is -3.12. The molecule has 0 unspecified atom stereocenters. The summed E-state index contributed by atoms with van der Waals surface area (Å²) in [4.78, 5) is 4.07. The molecule has 1 aromatic rings. The van der Waals surface area contributed by atoms with E-state index in [1.165, 1.54) is 0 Å². The van der Waals surface area contributed by atoms with Crippen LogP contribution in [0.3, 0.4) is 0 Å². The number of aromatic nitrogens is 2. The summed E-state index contributed by atoms with van der Waals surface area (Å²) in [5.74, 6) is 0.533. The lowest BCUT2D eigenvalue weighted by molar-refractivity contribution is 0.289. The van der Waals surface area contributed by atoms with Crippen LogP contribution in [0, 0.1) is 5.41 Å². The van der Waals surface area contributed by atoms with Crippen molar-refractivity contribution in [3.8, 4) is 0 Å². The molecule has 18 heavy (non-hydrogen) atoms. The summed E-state index contributed by atoms with van der Waals surface area (Å²) in [6.07, 6.45) is 3.60. The molecule has 0 bridgehead atoms. The fourth-order valence-electron chi connectivity index (χ4n) is 1.65. The van der Waals surface area contributed by atoms with E-state index < -0.39 is 9.84 Å². The molecule has 0 aliphatic heterocycles. The van der Waals surface area contributed by atoms with Gasteiger partial charge < -0.3 is 10.3 Å². The molecule has 6 nitrogen and oxygen atoms in total. The molecule has 1 aromatic heterocycles. The molecule has 0 radical (unpaired) electrons. The van der Waals surface area contributed by atoms with E-state index in [1.54, 1.807) is 0 Å². The SMILES string of the molecule is CC(C)(CCN)CCc1nc(CS(C)(=O)=O)no1. The van der Waals surface area contributed by atoms with Gasteiger partial charge in [-0.15, -0.1) is 0 Å². The van der Waals surface area contributed by atoms with Crippen molar-refractivity contribution >= 4 is 9.84 Å². The Labute approximate surface area is 108 Å². The number of aryl methyl sites for hydroxylation is 1. The summed E-state index contributed by atoms with van der Waals surface area (Å²) in [6.45, 7) is 4.91. The molecule has 2 N–H and O–H groups in total. The Balaban J connectivity index is 2.55. The maximum Gasteiger partial charge on any atom is 0.226 e. The standard InChI is InChI=1S/C11H21N3O3S/c1-11(2,6-7-12)5-4-10-13-9(14-17-10)8-18(3,15)16/h4-8,12H2,1-3H3. The van der Waals surface area contributed by atoms with E-state index in [1.807, 2.05) is 0 Å². The number of nitrogens with two attached hydrogens (primary N) is 1. The monoisotopic (exact) mass is 275 g/mol. The number of hydrogen-bond donors (Lipinski definition) is 1. The van der Waals surface area contributed by atoms with Crippen molar-refractivity contribution in [3.63, 3.8) is 0 Å². The number of rotatable bonds is 7. The van der Waals surface area contributed by atoms with Crippen molar-refractivity contribution in [3.05, 3.63) is 11.7 Å².